The van der Waals surface area contributed by atoms with E-state index in [2.05, 4.69) is 291 Å². The van der Waals surface area contributed by atoms with Crippen LogP contribution in [0.5, 0.6) is 0 Å². The summed E-state index contributed by atoms with van der Waals surface area (Å²) in [4.78, 5) is 29.7. The van der Waals surface area contributed by atoms with E-state index in [1.807, 2.05) is 144 Å². The van der Waals surface area contributed by atoms with Crippen LogP contribution in [0.4, 0.5) is 0 Å². The first kappa shape index (κ1) is 68.3. The molecular formula is C108H68N6S2. The monoisotopic (exact) mass is 1510 g/mol. The number of rotatable bonds is 12. The Kier molecular flexibility index (Phi) is 16.6. The van der Waals surface area contributed by atoms with Gasteiger partial charge in [-0.15, -0.1) is 22.7 Å². The molecule has 0 fully saturated rings. The number of hydrogen-bond donors (Lipinski definition) is 0. The van der Waals surface area contributed by atoms with Gasteiger partial charge in [-0.3, -0.25) is 0 Å². The summed E-state index contributed by atoms with van der Waals surface area (Å²) >= 11 is 3.73. The average Bonchev–Trinajstić information content (AvgIpc) is 1.53. The predicted octanol–water partition coefficient (Wildman–Crippen LogP) is 27.7. The Morgan fingerprint density at radius 2 is 0.448 bits per heavy atom. The smallest absolute Gasteiger partial charge is 0.164 e. The number of fused-ring (bicyclic) bond motifs is 13. The van der Waals surface area contributed by atoms with Crippen molar-refractivity contribution in [3.8, 4) is 113 Å². The Morgan fingerprint density at radius 1 is 0.172 bits per heavy atom. The van der Waals surface area contributed by atoms with Crippen LogP contribution in [0.2, 0.25) is 0 Å². The zero-order chi connectivity index (χ0) is 76.7. The molecule has 0 amide bonds. The number of nitrogens with zero attached hydrogens (tertiary/aromatic N) is 6. The van der Waals surface area contributed by atoms with Gasteiger partial charge in [-0.1, -0.05) is 364 Å². The first-order chi connectivity index (χ1) is 57.5. The SMILES string of the molecule is c1ccc(-c2nc(-c3ccccc3)nc(-c3ccc(-c4cccc5sc6ccc(C7(c8ccccc8)c8ccccc8-c8ccccc87)cc6c45)cc3)n2)cc1.c1ccc(-c2nc(-c3ccccc3)nc(-c3ccc4cc(-c5cccc6sc7ccc(C8(c9ccccc9)c9ccccc9-c9ccccc98)cc7c56)ccc4c3)n2)cc1. The summed E-state index contributed by atoms with van der Waals surface area (Å²) in [5, 5.41) is 7.43. The van der Waals surface area contributed by atoms with E-state index in [1.165, 1.54) is 124 Å². The van der Waals surface area contributed by atoms with Crippen molar-refractivity contribution in [1.82, 2.24) is 29.9 Å². The molecule has 0 aliphatic heterocycles. The van der Waals surface area contributed by atoms with Gasteiger partial charge in [0.05, 0.1) is 10.8 Å². The fourth-order valence-corrected chi connectivity index (χ4v) is 20.5. The fourth-order valence-electron chi connectivity index (χ4n) is 18.3. The van der Waals surface area contributed by atoms with Crippen LogP contribution >= 0.6 is 22.7 Å². The number of aromatic nitrogens is 6. The number of benzene rings is 17. The minimum atomic E-state index is -0.450. The number of hydrogen-bond acceptors (Lipinski definition) is 8. The summed E-state index contributed by atoms with van der Waals surface area (Å²) in [5.41, 5.74) is 25.2. The lowest BCUT2D eigenvalue weighted by atomic mass is 9.67. The van der Waals surface area contributed by atoms with Crippen molar-refractivity contribution < 1.29 is 0 Å². The van der Waals surface area contributed by atoms with Gasteiger partial charge in [0, 0.05) is 73.7 Å². The van der Waals surface area contributed by atoms with Crippen LogP contribution in [-0.4, -0.2) is 29.9 Å². The molecule has 116 heavy (non-hydrogen) atoms. The largest absolute Gasteiger partial charge is 0.208 e. The Balaban J connectivity index is 0.000000141. The first-order valence-corrected chi connectivity index (χ1v) is 40.9. The van der Waals surface area contributed by atoms with Crippen molar-refractivity contribution in [2.45, 2.75) is 10.8 Å². The van der Waals surface area contributed by atoms with Gasteiger partial charge < -0.3 is 0 Å². The summed E-state index contributed by atoms with van der Waals surface area (Å²) in [6, 6.07) is 148. The van der Waals surface area contributed by atoms with Crippen LogP contribution in [0.1, 0.15) is 44.5 Å². The van der Waals surface area contributed by atoms with E-state index in [0.29, 0.717) is 34.9 Å². The quantitative estimate of drug-likeness (QED) is 0.121. The molecule has 0 radical (unpaired) electrons. The molecule has 4 heterocycles. The molecular weight excluding hydrogens is 1450 g/mol. The number of thiophene rings is 2. The van der Waals surface area contributed by atoms with Crippen molar-refractivity contribution in [2.75, 3.05) is 0 Å². The van der Waals surface area contributed by atoms with E-state index in [0.717, 1.165) is 49.7 Å². The van der Waals surface area contributed by atoms with Crippen molar-refractivity contribution >= 4 is 73.8 Å². The van der Waals surface area contributed by atoms with Crippen molar-refractivity contribution in [1.29, 1.82) is 0 Å². The van der Waals surface area contributed by atoms with Crippen LogP contribution in [0.15, 0.2) is 413 Å². The topological polar surface area (TPSA) is 77.3 Å². The zero-order valence-electron chi connectivity index (χ0n) is 62.8. The van der Waals surface area contributed by atoms with E-state index in [1.54, 1.807) is 0 Å². The third-order valence-electron chi connectivity index (χ3n) is 23.4. The lowest BCUT2D eigenvalue weighted by molar-refractivity contribution is 0.770. The van der Waals surface area contributed by atoms with Crippen LogP contribution in [-0.2, 0) is 10.8 Å². The maximum Gasteiger partial charge on any atom is 0.164 e. The predicted molar refractivity (Wildman–Crippen MR) is 481 cm³/mol. The van der Waals surface area contributed by atoms with Crippen molar-refractivity contribution in [3.05, 3.63) is 457 Å². The molecule has 0 bridgehead atoms. The highest BCUT2D eigenvalue weighted by molar-refractivity contribution is 7.26. The second kappa shape index (κ2) is 28.3. The van der Waals surface area contributed by atoms with Crippen molar-refractivity contribution in [2.24, 2.45) is 0 Å². The van der Waals surface area contributed by atoms with E-state index >= 15 is 0 Å². The maximum absolute atomic E-state index is 4.99. The summed E-state index contributed by atoms with van der Waals surface area (Å²) in [6.07, 6.45) is 0. The van der Waals surface area contributed by atoms with E-state index in [4.69, 9.17) is 29.9 Å². The highest BCUT2D eigenvalue weighted by atomic mass is 32.1. The van der Waals surface area contributed by atoms with E-state index < -0.39 is 10.8 Å². The average molecular weight is 1510 g/mol. The van der Waals surface area contributed by atoms with Gasteiger partial charge in [-0.05, 0) is 148 Å². The molecule has 2 aliphatic rings. The molecule has 4 aromatic heterocycles. The van der Waals surface area contributed by atoms with Crippen LogP contribution in [0.3, 0.4) is 0 Å². The Labute approximate surface area is 679 Å². The second-order valence-electron chi connectivity index (χ2n) is 29.8. The molecule has 6 nitrogen and oxygen atoms in total. The Hall–Kier alpha value is -14.5. The third kappa shape index (κ3) is 11.4. The molecule has 21 aromatic rings. The van der Waals surface area contributed by atoms with Crippen LogP contribution < -0.4 is 0 Å². The first-order valence-electron chi connectivity index (χ1n) is 39.3. The molecule has 23 rings (SSSR count). The van der Waals surface area contributed by atoms with Gasteiger partial charge in [0.15, 0.2) is 34.9 Å². The highest BCUT2D eigenvalue weighted by Gasteiger charge is 2.48. The molecule has 2 aliphatic carbocycles. The summed E-state index contributed by atoms with van der Waals surface area (Å²) in [7, 11) is 0. The zero-order valence-corrected chi connectivity index (χ0v) is 64.4. The molecule has 0 spiro atoms. The summed E-state index contributed by atoms with van der Waals surface area (Å²) in [6.45, 7) is 0. The molecule has 0 saturated carbocycles. The molecule has 0 saturated heterocycles. The van der Waals surface area contributed by atoms with Crippen LogP contribution in [0.25, 0.3) is 164 Å². The Bertz CT molecular complexity index is 7170. The molecule has 0 N–H and O–H groups in total. The van der Waals surface area contributed by atoms with Crippen LogP contribution in [0, 0.1) is 0 Å². The molecule has 542 valence electrons. The highest BCUT2D eigenvalue weighted by Crippen LogP contribution is 2.59. The molecule has 0 atom stereocenters. The standard InChI is InChI=1S/C56H35N3S.C52H33N3S/c1-4-15-36(16-5-1)53-57-54(37-17-6-2-7-18-37)59-55(58-53)41-30-28-38-33-40(29-27-39(38)34-41)44-23-14-26-51-52(44)47-35-43(31-32-50(47)60-51)56(42-19-8-3-9-20-42)48-24-12-10-21-45(48)46-22-11-13-25-49(46)56;1-4-15-35(16-5-1)49-53-50(36-17-6-2-7-18-36)55-51(54-49)37-29-27-34(28-30-37)40-23-14-26-47-48(40)43-33-39(31-32-46(43)56-47)52(38-19-8-3-9-20-38)44-24-12-10-21-41(44)42-22-11-13-25-45(42)52/h1-35H;1-33H. The summed E-state index contributed by atoms with van der Waals surface area (Å²) in [5.74, 6) is 3.93. The van der Waals surface area contributed by atoms with Gasteiger partial charge >= 0.3 is 0 Å². The lowest BCUT2D eigenvalue weighted by Gasteiger charge is -2.34. The molecule has 0 unspecified atom stereocenters. The fraction of sp³-hybridized carbons (Fsp3) is 0.0185. The summed E-state index contributed by atoms with van der Waals surface area (Å²) < 4.78 is 5.13. The minimum absolute atomic E-state index is 0.449. The second-order valence-corrected chi connectivity index (χ2v) is 32.0. The Morgan fingerprint density at radius 3 is 0.819 bits per heavy atom. The third-order valence-corrected chi connectivity index (χ3v) is 25.7. The van der Waals surface area contributed by atoms with Gasteiger partial charge in [0.1, 0.15) is 0 Å². The maximum atomic E-state index is 4.99. The molecule has 8 heteroatoms. The van der Waals surface area contributed by atoms with Gasteiger partial charge in [-0.2, -0.15) is 0 Å². The minimum Gasteiger partial charge on any atom is -0.208 e. The van der Waals surface area contributed by atoms with Gasteiger partial charge in [0.2, 0.25) is 0 Å². The van der Waals surface area contributed by atoms with Gasteiger partial charge in [-0.25, -0.2) is 29.9 Å². The molecule has 17 aromatic carbocycles. The van der Waals surface area contributed by atoms with Crippen molar-refractivity contribution in [3.63, 3.8) is 0 Å². The normalized spacial score (nSPS) is 12.8. The van der Waals surface area contributed by atoms with E-state index in [-0.39, 0.29) is 0 Å². The van der Waals surface area contributed by atoms with Gasteiger partial charge in [0.25, 0.3) is 0 Å². The lowest BCUT2D eigenvalue weighted by Crippen LogP contribution is -2.28. The van der Waals surface area contributed by atoms with E-state index in [9.17, 15) is 0 Å².